The number of thiophene rings is 1. The lowest BCUT2D eigenvalue weighted by atomic mass is 10.0. The minimum absolute atomic E-state index is 0. The smallest absolute Gasteiger partial charge is 0.191 e. The number of aryl methyl sites for hydroxylation is 1. The van der Waals surface area contributed by atoms with Crippen molar-refractivity contribution in [3.05, 3.63) is 21.9 Å². The number of nitrogens with one attached hydrogen (secondary N) is 2. The van der Waals surface area contributed by atoms with Crippen LogP contribution < -0.4 is 10.6 Å². The number of hydrogen-bond acceptors (Lipinski definition) is 4. The Kier molecular flexibility index (Phi) is 13.3. The number of nitrogens with zero attached hydrogens (tertiary/aromatic N) is 1. The molecule has 0 amide bonds. The number of aliphatic imine (C=N–C) groups is 1. The number of hydrogen-bond donors (Lipinski definition) is 2. The normalized spacial score (nSPS) is 15.5. The second kappa shape index (κ2) is 14.6. The summed E-state index contributed by atoms with van der Waals surface area (Å²) in [5, 5.41) is 6.70. The quantitative estimate of drug-likeness (QED) is 0.224. The van der Waals surface area contributed by atoms with E-state index in [1.807, 2.05) is 11.3 Å². The maximum Gasteiger partial charge on any atom is 0.191 e. The van der Waals surface area contributed by atoms with Crippen molar-refractivity contribution in [1.82, 2.24) is 10.6 Å². The molecular formula is C19H34IN3O2S. The van der Waals surface area contributed by atoms with Gasteiger partial charge in [-0.1, -0.05) is 6.92 Å². The summed E-state index contributed by atoms with van der Waals surface area (Å²) in [4.78, 5) is 7.41. The molecule has 2 rings (SSSR count). The van der Waals surface area contributed by atoms with E-state index >= 15 is 0 Å². The fourth-order valence-corrected chi connectivity index (χ4v) is 3.62. The van der Waals surface area contributed by atoms with Crippen LogP contribution >= 0.6 is 35.3 Å². The third kappa shape index (κ3) is 9.53. The summed E-state index contributed by atoms with van der Waals surface area (Å²) < 4.78 is 11.2. The molecule has 150 valence electrons. The van der Waals surface area contributed by atoms with Crippen molar-refractivity contribution in [3.63, 3.8) is 0 Å². The van der Waals surface area contributed by atoms with Crippen molar-refractivity contribution in [3.8, 4) is 0 Å². The first-order valence-electron chi connectivity index (χ1n) is 9.57. The molecule has 0 bridgehead atoms. The van der Waals surface area contributed by atoms with Gasteiger partial charge < -0.3 is 20.1 Å². The summed E-state index contributed by atoms with van der Waals surface area (Å²) in [5.74, 6) is 1.57. The molecule has 1 fully saturated rings. The van der Waals surface area contributed by atoms with Gasteiger partial charge in [0.2, 0.25) is 0 Å². The van der Waals surface area contributed by atoms with E-state index in [-0.39, 0.29) is 24.0 Å². The highest BCUT2D eigenvalue weighted by Crippen LogP contribution is 2.17. The van der Waals surface area contributed by atoms with Crippen LogP contribution in [0, 0.1) is 5.92 Å². The Morgan fingerprint density at radius 2 is 2.00 bits per heavy atom. The molecule has 1 aromatic rings. The average molecular weight is 495 g/mol. The first-order valence-corrected chi connectivity index (χ1v) is 10.4. The second-order valence-corrected chi connectivity index (χ2v) is 7.58. The van der Waals surface area contributed by atoms with Crippen LogP contribution in [-0.4, -0.2) is 45.5 Å². The topological polar surface area (TPSA) is 54.9 Å². The molecule has 2 N–H and O–H groups in total. The SMILES string of the molecule is CCNC(=NCc1ccc(CC)s1)NCCCOCC1CCOCC1.I. The van der Waals surface area contributed by atoms with Crippen LogP contribution in [0.25, 0.3) is 0 Å². The fraction of sp³-hybridized carbons (Fsp3) is 0.737. The molecule has 0 radical (unpaired) electrons. The van der Waals surface area contributed by atoms with Gasteiger partial charge in [0.05, 0.1) is 6.54 Å². The van der Waals surface area contributed by atoms with Crippen molar-refractivity contribution in [2.45, 2.75) is 46.1 Å². The van der Waals surface area contributed by atoms with E-state index in [2.05, 4.69) is 41.6 Å². The van der Waals surface area contributed by atoms with E-state index in [4.69, 9.17) is 9.47 Å². The van der Waals surface area contributed by atoms with E-state index < -0.39 is 0 Å². The van der Waals surface area contributed by atoms with Crippen molar-refractivity contribution in [2.75, 3.05) is 39.5 Å². The average Bonchev–Trinajstić information content (AvgIpc) is 3.11. The molecule has 1 aliphatic heterocycles. The van der Waals surface area contributed by atoms with E-state index in [1.54, 1.807) is 0 Å². The number of rotatable bonds is 10. The molecule has 26 heavy (non-hydrogen) atoms. The first kappa shape index (κ1) is 23.7. The van der Waals surface area contributed by atoms with E-state index in [9.17, 15) is 0 Å². The van der Waals surface area contributed by atoms with Crippen molar-refractivity contribution < 1.29 is 9.47 Å². The second-order valence-electron chi connectivity index (χ2n) is 6.33. The Balaban J connectivity index is 0.00000338. The summed E-state index contributed by atoms with van der Waals surface area (Å²) in [5.41, 5.74) is 0. The van der Waals surface area contributed by atoms with Gasteiger partial charge >= 0.3 is 0 Å². The summed E-state index contributed by atoms with van der Waals surface area (Å²) in [6, 6.07) is 4.38. The summed E-state index contributed by atoms with van der Waals surface area (Å²) in [6.45, 7) is 10.2. The van der Waals surface area contributed by atoms with Gasteiger partial charge in [0.1, 0.15) is 0 Å². The molecule has 1 aromatic heterocycles. The molecule has 1 saturated heterocycles. The van der Waals surface area contributed by atoms with Gasteiger partial charge in [0.15, 0.2) is 5.96 Å². The monoisotopic (exact) mass is 495 g/mol. The van der Waals surface area contributed by atoms with Gasteiger partial charge in [-0.2, -0.15) is 0 Å². The molecule has 0 unspecified atom stereocenters. The standard InChI is InChI=1S/C19H33N3O2S.HI/c1-3-17-6-7-18(25-17)14-22-19(20-4-2)21-10-5-11-24-15-16-8-12-23-13-9-16;/h6-7,16H,3-5,8-15H2,1-2H3,(H2,20,21,22);1H. The largest absolute Gasteiger partial charge is 0.381 e. The molecule has 0 saturated carbocycles. The van der Waals surface area contributed by atoms with Gasteiger partial charge in [-0.15, -0.1) is 35.3 Å². The zero-order valence-corrected chi connectivity index (χ0v) is 19.2. The zero-order valence-electron chi connectivity index (χ0n) is 16.1. The molecule has 0 aromatic carbocycles. The lowest BCUT2D eigenvalue weighted by molar-refractivity contribution is 0.0203. The lowest BCUT2D eigenvalue weighted by Crippen LogP contribution is -2.38. The van der Waals surface area contributed by atoms with Gasteiger partial charge in [-0.3, -0.25) is 0 Å². The summed E-state index contributed by atoms with van der Waals surface area (Å²) in [6.07, 6.45) is 4.36. The van der Waals surface area contributed by atoms with Crippen LogP contribution in [-0.2, 0) is 22.4 Å². The highest BCUT2D eigenvalue weighted by atomic mass is 127. The van der Waals surface area contributed by atoms with Crippen LogP contribution in [0.5, 0.6) is 0 Å². The van der Waals surface area contributed by atoms with E-state index in [1.165, 1.54) is 9.75 Å². The Morgan fingerprint density at radius 1 is 1.23 bits per heavy atom. The Labute approximate surface area is 179 Å². The third-order valence-corrected chi connectivity index (χ3v) is 5.47. The maximum atomic E-state index is 5.81. The van der Waals surface area contributed by atoms with Gasteiger partial charge in [0, 0.05) is 49.3 Å². The molecule has 0 spiro atoms. The van der Waals surface area contributed by atoms with Crippen LogP contribution in [0.4, 0.5) is 0 Å². The van der Waals surface area contributed by atoms with Crippen molar-refractivity contribution in [2.24, 2.45) is 10.9 Å². The Bertz CT molecular complexity index is 505. The van der Waals surface area contributed by atoms with E-state index in [0.717, 1.165) is 77.7 Å². The summed E-state index contributed by atoms with van der Waals surface area (Å²) >= 11 is 1.85. The lowest BCUT2D eigenvalue weighted by Gasteiger charge is -2.21. The Hall–Kier alpha value is -0.380. The van der Waals surface area contributed by atoms with Crippen molar-refractivity contribution >= 4 is 41.3 Å². The van der Waals surface area contributed by atoms with Crippen LogP contribution in [0.1, 0.15) is 42.9 Å². The molecule has 7 heteroatoms. The molecule has 0 atom stereocenters. The summed E-state index contributed by atoms with van der Waals surface area (Å²) in [7, 11) is 0. The van der Waals surface area contributed by atoms with Crippen molar-refractivity contribution in [1.29, 1.82) is 0 Å². The molecule has 5 nitrogen and oxygen atoms in total. The van der Waals surface area contributed by atoms with Gasteiger partial charge in [0.25, 0.3) is 0 Å². The number of ether oxygens (including phenoxy) is 2. The zero-order chi connectivity index (χ0) is 17.7. The Morgan fingerprint density at radius 3 is 2.69 bits per heavy atom. The maximum absolute atomic E-state index is 5.81. The van der Waals surface area contributed by atoms with Gasteiger partial charge in [-0.25, -0.2) is 4.99 Å². The van der Waals surface area contributed by atoms with Crippen LogP contribution in [0.15, 0.2) is 17.1 Å². The predicted octanol–water partition coefficient (Wildman–Crippen LogP) is 3.82. The minimum Gasteiger partial charge on any atom is -0.381 e. The molecule has 1 aliphatic rings. The van der Waals surface area contributed by atoms with Crippen LogP contribution in [0.3, 0.4) is 0 Å². The molecule has 2 heterocycles. The number of halogens is 1. The fourth-order valence-electron chi connectivity index (χ4n) is 2.74. The predicted molar refractivity (Wildman–Crippen MR) is 121 cm³/mol. The van der Waals surface area contributed by atoms with E-state index in [0.29, 0.717) is 5.92 Å². The highest BCUT2D eigenvalue weighted by molar-refractivity contribution is 14.0. The molecular weight excluding hydrogens is 461 g/mol. The molecule has 0 aliphatic carbocycles. The van der Waals surface area contributed by atoms with Gasteiger partial charge in [-0.05, 0) is 50.7 Å². The first-order chi connectivity index (χ1) is 12.3. The van der Waals surface area contributed by atoms with Crippen LogP contribution in [0.2, 0.25) is 0 Å². The number of guanidine groups is 1. The minimum atomic E-state index is 0. The third-order valence-electron chi connectivity index (χ3n) is 4.26. The highest BCUT2D eigenvalue weighted by Gasteiger charge is 2.13.